The summed E-state index contributed by atoms with van der Waals surface area (Å²) in [6.45, 7) is -0.0872. The Hall–Kier alpha value is -5.18. The predicted octanol–water partition coefficient (Wildman–Crippen LogP) is 5.49. The van der Waals surface area contributed by atoms with Crippen molar-refractivity contribution in [2.24, 2.45) is 0 Å². The van der Waals surface area contributed by atoms with Crippen molar-refractivity contribution in [1.82, 2.24) is 14.5 Å². The number of amides is 2. The van der Waals surface area contributed by atoms with Gasteiger partial charge >= 0.3 is 0 Å². The minimum atomic E-state index is -0.441. The molecule has 0 atom stereocenters. The van der Waals surface area contributed by atoms with E-state index in [2.05, 4.69) is 10.3 Å². The van der Waals surface area contributed by atoms with Crippen LogP contribution in [0.2, 0.25) is 0 Å². The van der Waals surface area contributed by atoms with Gasteiger partial charge in [0.2, 0.25) is 17.8 Å². The maximum atomic E-state index is 13.6. The Morgan fingerprint density at radius 3 is 2.40 bits per heavy atom. The number of hydrogen-bond acceptors (Lipinski definition) is 5. The summed E-state index contributed by atoms with van der Waals surface area (Å²) in [5, 5.41) is 2.84. The average molecular weight is 539 g/mol. The molecule has 202 valence electrons. The van der Waals surface area contributed by atoms with Crippen molar-refractivity contribution in [3.8, 4) is 22.7 Å². The van der Waals surface area contributed by atoms with Gasteiger partial charge in [0.25, 0.3) is 0 Å². The van der Waals surface area contributed by atoms with Crippen LogP contribution in [0.25, 0.3) is 16.9 Å². The van der Waals surface area contributed by atoms with E-state index in [4.69, 9.17) is 9.15 Å². The highest BCUT2D eigenvalue weighted by molar-refractivity contribution is 5.94. The number of furan rings is 1. The van der Waals surface area contributed by atoms with E-state index in [1.807, 2.05) is 54.6 Å². The van der Waals surface area contributed by atoms with Crippen LogP contribution in [-0.4, -0.2) is 39.9 Å². The molecule has 0 aliphatic rings. The van der Waals surface area contributed by atoms with E-state index >= 15 is 0 Å². The number of carbonyl (C=O) groups excluding carboxylic acids is 2. The number of imidazole rings is 1. The fraction of sp³-hybridized carbons (Fsp3) is 0.129. The lowest BCUT2D eigenvalue weighted by atomic mass is 10.1. The van der Waals surface area contributed by atoms with Crippen LogP contribution in [0.4, 0.5) is 10.3 Å². The number of carbonyl (C=O) groups is 2. The summed E-state index contributed by atoms with van der Waals surface area (Å²) in [5.74, 6) is 0.448. The molecule has 5 rings (SSSR count). The van der Waals surface area contributed by atoms with Crippen LogP contribution in [0.3, 0.4) is 0 Å². The highest BCUT2D eigenvalue weighted by Crippen LogP contribution is 2.26. The molecule has 0 saturated carbocycles. The number of methoxy groups -OCH3 is 1. The third kappa shape index (κ3) is 6.44. The Morgan fingerprint density at radius 1 is 0.975 bits per heavy atom. The summed E-state index contributed by atoms with van der Waals surface area (Å²) in [6, 6.07) is 26.0. The number of ether oxygens (including phenoxy) is 1. The molecule has 0 aliphatic carbocycles. The zero-order chi connectivity index (χ0) is 27.9. The largest absolute Gasteiger partial charge is 0.497 e. The number of hydrogen-bond donors (Lipinski definition) is 1. The summed E-state index contributed by atoms with van der Waals surface area (Å²) in [5.41, 5.74) is 2.84. The summed E-state index contributed by atoms with van der Waals surface area (Å²) in [4.78, 5) is 32.6. The predicted molar refractivity (Wildman–Crippen MR) is 148 cm³/mol. The van der Waals surface area contributed by atoms with Crippen molar-refractivity contribution >= 4 is 17.8 Å². The molecule has 0 bridgehead atoms. The standard InChI is InChI=1S/C31H27FN4O4/c1-39-26-15-9-23(10-16-26)28-20-36(25-13-11-24(32)12-14-25)31(33-28)34-29(37)21-35(19-27-8-5-17-40-27)30(38)18-22-6-3-2-4-7-22/h2-17,20H,18-19,21H2,1H3,(H,33,34,37). The minimum Gasteiger partial charge on any atom is -0.497 e. The molecule has 0 spiro atoms. The molecule has 0 unspecified atom stereocenters. The molecule has 0 aliphatic heterocycles. The summed E-state index contributed by atoms with van der Waals surface area (Å²) in [6.07, 6.45) is 3.42. The Balaban J connectivity index is 1.40. The highest BCUT2D eigenvalue weighted by atomic mass is 19.1. The minimum absolute atomic E-state index is 0.135. The van der Waals surface area contributed by atoms with Crippen LogP contribution in [0, 0.1) is 5.82 Å². The smallest absolute Gasteiger partial charge is 0.246 e. The first-order valence-corrected chi connectivity index (χ1v) is 12.6. The average Bonchev–Trinajstić information content (AvgIpc) is 3.64. The summed E-state index contributed by atoms with van der Waals surface area (Å²) >= 11 is 0. The highest BCUT2D eigenvalue weighted by Gasteiger charge is 2.21. The molecular formula is C31H27FN4O4. The first-order valence-electron chi connectivity index (χ1n) is 12.6. The van der Waals surface area contributed by atoms with Crippen molar-refractivity contribution in [2.75, 3.05) is 19.0 Å². The van der Waals surface area contributed by atoms with Crippen molar-refractivity contribution in [1.29, 1.82) is 0 Å². The van der Waals surface area contributed by atoms with Crippen LogP contribution in [0.5, 0.6) is 5.75 Å². The maximum absolute atomic E-state index is 13.6. The van der Waals surface area contributed by atoms with Gasteiger partial charge < -0.3 is 14.1 Å². The number of anilines is 1. The number of halogens is 1. The quantitative estimate of drug-likeness (QED) is 0.254. The van der Waals surface area contributed by atoms with Gasteiger partial charge in [0, 0.05) is 17.4 Å². The third-order valence-electron chi connectivity index (χ3n) is 6.26. The van der Waals surface area contributed by atoms with Crippen LogP contribution >= 0.6 is 0 Å². The van der Waals surface area contributed by atoms with E-state index in [1.165, 1.54) is 23.3 Å². The Kier molecular flexibility index (Phi) is 8.01. The number of nitrogens with zero attached hydrogens (tertiary/aromatic N) is 3. The number of aromatic nitrogens is 2. The zero-order valence-corrected chi connectivity index (χ0v) is 21.8. The Labute approximate surface area is 230 Å². The van der Waals surface area contributed by atoms with Crippen LogP contribution in [0.1, 0.15) is 11.3 Å². The van der Waals surface area contributed by atoms with Crippen molar-refractivity contribution in [3.63, 3.8) is 0 Å². The fourth-order valence-corrected chi connectivity index (χ4v) is 4.21. The second-order valence-corrected chi connectivity index (χ2v) is 9.06. The third-order valence-corrected chi connectivity index (χ3v) is 6.26. The maximum Gasteiger partial charge on any atom is 0.246 e. The molecule has 2 aromatic heterocycles. The lowest BCUT2D eigenvalue weighted by Gasteiger charge is -2.21. The van der Waals surface area contributed by atoms with E-state index in [0.717, 1.165) is 11.1 Å². The molecule has 0 radical (unpaired) electrons. The van der Waals surface area contributed by atoms with Gasteiger partial charge in [-0.1, -0.05) is 30.3 Å². The molecular weight excluding hydrogens is 511 g/mol. The van der Waals surface area contributed by atoms with E-state index in [9.17, 15) is 14.0 Å². The van der Waals surface area contributed by atoms with E-state index < -0.39 is 5.91 Å². The van der Waals surface area contributed by atoms with E-state index in [0.29, 0.717) is 22.9 Å². The van der Waals surface area contributed by atoms with Gasteiger partial charge in [0.05, 0.1) is 32.0 Å². The number of benzene rings is 3. The molecule has 0 saturated heterocycles. The second kappa shape index (κ2) is 12.1. The van der Waals surface area contributed by atoms with Gasteiger partial charge in [-0.3, -0.25) is 19.5 Å². The number of nitrogens with one attached hydrogen (secondary N) is 1. The van der Waals surface area contributed by atoms with Crippen LogP contribution in [0.15, 0.2) is 108 Å². The van der Waals surface area contributed by atoms with Gasteiger partial charge in [-0.15, -0.1) is 0 Å². The van der Waals surface area contributed by atoms with Crippen molar-refractivity contribution < 1.29 is 23.1 Å². The Bertz CT molecular complexity index is 1560. The second-order valence-electron chi connectivity index (χ2n) is 9.06. The summed E-state index contributed by atoms with van der Waals surface area (Å²) < 4.78 is 26.0. The molecule has 2 heterocycles. The molecule has 40 heavy (non-hydrogen) atoms. The van der Waals surface area contributed by atoms with E-state index in [1.54, 1.807) is 42.1 Å². The van der Waals surface area contributed by atoms with Crippen molar-refractivity contribution in [2.45, 2.75) is 13.0 Å². The topological polar surface area (TPSA) is 89.6 Å². The zero-order valence-electron chi connectivity index (χ0n) is 21.8. The van der Waals surface area contributed by atoms with Crippen LogP contribution in [-0.2, 0) is 22.6 Å². The van der Waals surface area contributed by atoms with Gasteiger partial charge in [-0.25, -0.2) is 9.37 Å². The Morgan fingerprint density at radius 2 is 1.73 bits per heavy atom. The monoisotopic (exact) mass is 538 g/mol. The van der Waals surface area contributed by atoms with Gasteiger partial charge in [-0.2, -0.15) is 0 Å². The number of rotatable bonds is 10. The van der Waals surface area contributed by atoms with Gasteiger partial charge in [-0.05, 0) is 66.2 Å². The normalized spacial score (nSPS) is 10.8. The molecule has 9 heteroatoms. The van der Waals surface area contributed by atoms with Gasteiger partial charge in [0.15, 0.2) is 0 Å². The van der Waals surface area contributed by atoms with Crippen LogP contribution < -0.4 is 10.1 Å². The molecule has 1 N–H and O–H groups in total. The lowest BCUT2D eigenvalue weighted by molar-refractivity contribution is -0.135. The molecule has 8 nitrogen and oxygen atoms in total. The molecule has 5 aromatic rings. The summed E-state index contributed by atoms with van der Waals surface area (Å²) in [7, 11) is 1.59. The van der Waals surface area contributed by atoms with Crippen molar-refractivity contribution in [3.05, 3.63) is 121 Å². The molecule has 2 amide bonds. The lowest BCUT2D eigenvalue weighted by Crippen LogP contribution is -2.38. The first-order chi connectivity index (χ1) is 19.5. The van der Waals surface area contributed by atoms with Gasteiger partial charge in [0.1, 0.15) is 23.9 Å². The SMILES string of the molecule is COc1ccc(-c2cn(-c3ccc(F)cc3)c(NC(=O)CN(Cc3ccco3)C(=O)Cc3ccccc3)n2)cc1. The molecule has 0 fully saturated rings. The first kappa shape index (κ1) is 26.4. The van der Waals surface area contributed by atoms with E-state index in [-0.39, 0.29) is 37.2 Å². The fourth-order valence-electron chi connectivity index (χ4n) is 4.21. The molecule has 3 aromatic carbocycles.